The van der Waals surface area contributed by atoms with Gasteiger partial charge in [0.25, 0.3) is 0 Å². The Morgan fingerprint density at radius 1 is 1.06 bits per heavy atom. The molecule has 0 saturated heterocycles. The lowest BCUT2D eigenvalue weighted by Crippen LogP contribution is -2.39. The number of sulfonamides is 1. The minimum absolute atomic E-state index is 0.0392. The molecule has 9 nitrogen and oxygen atoms in total. The van der Waals surface area contributed by atoms with E-state index in [4.69, 9.17) is 0 Å². The Bertz CT molecular complexity index is 1230. The summed E-state index contributed by atoms with van der Waals surface area (Å²) < 4.78 is 28.8. The Kier molecular flexibility index (Phi) is 6.95. The molecule has 0 aliphatic heterocycles. The number of nitrogens with zero attached hydrogens (tertiary/aromatic N) is 4. The second kappa shape index (κ2) is 9.49. The Morgan fingerprint density at radius 2 is 1.72 bits per heavy atom. The smallest absolute Gasteiger partial charge is 0.243 e. The van der Waals surface area contributed by atoms with Crippen molar-refractivity contribution in [3.63, 3.8) is 0 Å². The van der Waals surface area contributed by atoms with Crippen molar-refractivity contribution in [1.29, 1.82) is 0 Å². The molecule has 0 radical (unpaired) electrons. The van der Waals surface area contributed by atoms with E-state index in [-0.39, 0.29) is 29.8 Å². The molecule has 3 rings (SSSR count). The van der Waals surface area contributed by atoms with Crippen molar-refractivity contribution in [3.8, 4) is 0 Å². The molecule has 2 amide bonds. The first kappa shape index (κ1) is 23.4. The number of aromatic nitrogens is 2. The van der Waals surface area contributed by atoms with E-state index in [1.165, 1.54) is 43.1 Å². The number of hydrogen-bond acceptors (Lipinski definition) is 5. The molecule has 0 saturated carbocycles. The van der Waals surface area contributed by atoms with Crippen LogP contribution in [0.2, 0.25) is 0 Å². The van der Waals surface area contributed by atoms with Gasteiger partial charge in [0.15, 0.2) is 0 Å². The van der Waals surface area contributed by atoms with E-state index in [0.29, 0.717) is 12.2 Å². The molecule has 0 unspecified atom stereocenters. The number of imidazole rings is 1. The SMILES string of the molecule is CCn1c(CN(C)C(=O)CN(C)S(=O)(=O)c2ccc(NC(C)=O)cc2)nc2ccccc21. The van der Waals surface area contributed by atoms with Gasteiger partial charge in [0.1, 0.15) is 5.82 Å². The molecule has 0 aliphatic rings. The molecule has 170 valence electrons. The zero-order valence-electron chi connectivity index (χ0n) is 18.6. The Balaban J connectivity index is 1.70. The van der Waals surface area contributed by atoms with Crippen LogP contribution in [-0.2, 0) is 32.7 Å². The number of anilines is 1. The molecular weight excluding hydrogens is 430 g/mol. The minimum atomic E-state index is -3.87. The fraction of sp³-hybridized carbons (Fsp3) is 0.318. The van der Waals surface area contributed by atoms with E-state index < -0.39 is 10.0 Å². The maximum Gasteiger partial charge on any atom is 0.243 e. The highest BCUT2D eigenvalue weighted by Crippen LogP contribution is 2.19. The number of nitrogens with one attached hydrogen (secondary N) is 1. The van der Waals surface area contributed by atoms with E-state index in [9.17, 15) is 18.0 Å². The van der Waals surface area contributed by atoms with Crippen molar-refractivity contribution >= 4 is 38.6 Å². The molecule has 0 bridgehead atoms. The highest BCUT2D eigenvalue weighted by Gasteiger charge is 2.25. The monoisotopic (exact) mass is 457 g/mol. The van der Waals surface area contributed by atoms with Crippen LogP contribution in [-0.4, -0.2) is 59.6 Å². The van der Waals surface area contributed by atoms with E-state index in [0.717, 1.165) is 21.2 Å². The number of carbonyl (C=O) groups excluding carboxylic acids is 2. The highest BCUT2D eigenvalue weighted by molar-refractivity contribution is 7.89. The average Bonchev–Trinajstić information content (AvgIpc) is 3.10. The third-order valence-corrected chi connectivity index (χ3v) is 6.91. The molecule has 1 heterocycles. The predicted molar refractivity (Wildman–Crippen MR) is 122 cm³/mol. The van der Waals surface area contributed by atoms with Gasteiger partial charge in [-0.1, -0.05) is 12.1 Å². The number of fused-ring (bicyclic) bond motifs is 1. The normalized spacial score (nSPS) is 11.7. The maximum absolute atomic E-state index is 12.9. The predicted octanol–water partition coefficient (Wildman–Crippen LogP) is 2.29. The molecule has 0 aliphatic carbocycles. The van der Waals surface area contributed by atoms with E-state index in [2.05, 4.69) is 10.3 Å². The number of likely N-dealkylation sites (N-methyl/N-ethyl adjacent to an activating group) is 2. The molecule has 10 heteroatoms. The average molecular weight is 458 g/mol. The maximum atomic E-state index is 12.9. The van der Waals surface area contributed by atoms with Gasteiger partial charge in [-0.05, 0) is 43.3 Å². The zero-order valence-corrected chi connectivity index (χ0v) is 19.4. The summed E-state index contributed by atoms with van der Waals surface area (Å²) in [6.07, 6.45) is 0. The first-order valence-corrected chi connectivity index (χ1v) is 11.6. The summed E-state index contributed by atoms with van der Waals surface area (Å²) in [5.41, 5.74) is 2.34. The third-order valence-electron chi connectivity index (χ3n) is 5.09. The van der Waals surface area contributed by atoms with Crippen LogP contribution in [0.3, 0.4) is 0 Å². The van der Waals surface area contributed by atoms with Gasteiger partial charge >= 0.3 is 0 Å². The van der Waals surface area contributed by atoms with Crippen LogP contribution in [0.5, 0.6) is 0 Å². The third kappa shape index (κ3) is 4.97. The van der Waals surface area contributed by atoms with E-state index in [1.54, 1.807) is 7.05 Å². The topological polar surface area (TPSA) is 105 Å². The lowest BCUT2D eigenvalue weighted by molar-refractivity contribution is -0.130. The van der Waals surface area contributed by atoms with Gasteiger partial charge in [-0.3, -0.25) is 9.59 Å². The largest absolute Gasteiger partial charge is 0.337 e. The minimum Gasteiger partial charge on any atom is -0.337 e. The summed E-state index contributed by atoms with van der Waals surface area (Å²) in [6, 6.07) is 13.6. The first-order valence-electron chi connectivity index (χ1n) is 10.2. The number of amides is 2. The van der Waals surface area contributed by atoms with Gasteiger partial charge in [-0.15, -0.1) is 0 Å². The first-order chi connectivity index (χ1) is 15.1. The molecule has 0 spiro atoms. The zero-order chi connectivity index (χ0) is 23.5. The van der Waals surface area contributed by atoms with Crippen molar-refractivity contribution in [2.24, 2.45) is 0 Å². The molecule has 0 atom stereocenters. The van der Waals surface area contributed by atoms with Crippen LogP contribution in [0.15, 0.2) is 53.4 Å². The van der Waals surface area contributed by atoms with E-state index >= 15 is 0 Å². The lowest BCUT2D eigenvalue weighted by Gasteiger charge is -2.22. The van der Waals surface area contributed by atoms with Crippen molar-refractivity contribution in [1.82, 2.24) is 18.8 Å². The van der Waals surface area contributed by atoms with Crippen molar-refractivity contribution in [3.05, 3.63) is 54.4 Å². The van der Waals surface area contributed by atoms with Gasteiger partial charge in [-0.2, -0.15) is 4.31 Å². The Labute approximate surface area is 187 Å². The number of benzene rings is 2. The fourth-order valence-corrected chi connectivity index (χ4v) is 4.51. The van der Waals surface area contributed by atoms with Crippen LogP contribution in [0.1, 0.15) is 19.7 Å². The second-order valence-corrected chi connectivity index (χ2v) is 9.52. The van der Waals surface area contributed by atoms with Crippen molar-refractivity contribution in [2.75, 3.05) is 26.0 Å². The molecule has 1 aromatic heterocycles. The quantitative estimate of drug-likeness (QED) is 0.559. The summed E-state index contributed by atoms with van der Waals surface area (Å²) in [6.45, 7) is 4.05. The Morgan fingerprint density at radius 3 is 2.34 bits per heavy atom. The molecule has 0 fully saturated rings. The van der Waals surface area contributed by atoms with Gasteiger partial charge in [0.2, 0.25) is 21.8 Å². The summed E-state index contributed by atoms with van der Waals surface area (Å²) in [7, 11) is -0.872. The lowest BCUT2D eigenvalue weighted by atomic mass is 10.3. The van der Waals surface area contributed by atoms with Crippen LogP contribution < -0.4 is 5.32 Å². The Hall–Kier alpha value is -3.24. The van der Waals surface area contributed by atoms with Crippen LogP contribution in [0.25, 0.3) is 11.0 Å². The van der Waals surface area contributed by atoms with Crippen molar-refractivity contribution < 1.29 is 18.0 Å². The molecular formula is C22H27N5O4S. The van der Waals surface area contributed by atoms with Crippen LogP contribution in [0, 0.1) is 0 Å². The molecule has 2 aromatic carbocycles. The molecule has 3 aromatic rings. The number of aryl methyl sites for hydroxylation is 1. The number of para-hydroxylation sites is 2. The van der Waals surface area contributed by atoms with E-state index in [1.807, 2.05) is 35.8 Å². The summed E-state index contributed by atoms with van der Waals surface area (Å²) >= 11 is 0. The summed E-state index contributed by atoms with van der Waals surface area (Å²) in [4.78, 5) is 30.0. The van der Waals surface area contributed by atoms with Gasteiger partial charge in [-0.25, -0.2) is 13.4 Å². The summed E-state index contributed by atoms with van der Waals surface area (Å²) in [5.74, 6) is 0.146. The van der Waals surface area contributed by atoms with Gasteiger partial charge < -0.3 is 14.8 Å². The number of hydrogen-bond donors (Lipinski definition) is 1. The fourth-order valence-electron chi connectivity index (χ4n) is 3.39. The number of rotatable bonds is 8. The van der Waals surface area contributed by atoms with Gasteiger partial charge in [0, 0.05) is 33.3 Å². The second-order valence-electron chi connectivity index (χ2n) is 7.48. The molecule has 1 N–H and O–H groups in total. The van der Waals surface area contributed by atoms with Crippen LogP contribution in [0.4, 0.5) is 5.69 Å². The standard InChI is InChI=1S/C22H27N5O4S/c1-5-27-20-9-7-6-8-19(20)24-21(27)14-25(3)22(29)15-26(4)32(30,31)18-12-10-17(11-13-18)23-16(2)28/h6-13H,5,14-15H2,1-4H3,(H,23,28). The highest BCUT2D eigenvalue weighted by atomic mass is 32.2. The number of carbonyl (C=O) groups is 2. The summed E-state index contributed by atoms with van der Waals surface area (Å²) in [5, 5.41) is 2.59. The van der Waals surface area contributed by atoms with Gasteiger partial charge in [0.05, 0.1) is 29.0 Å². The van der Waals surface area contributed by atoms with Crippen LogP contribution >= 0.6 is 0 Å². The molecule has 32 heavy (non-hydrogen) atoms. The van der Waals surface area contributed by atoms with Crippen molar-refractivity contribution in [2.45, 2.75) is 31.8 Å².